The van der Waals surface area contributed by atoms with Gasteiger partial charge < -0.3 is 9.73 Å². The van der Waals surface area contributed by atoms with Gasteiger partial charge in [-0.05, 0) is 17.7 Å². The molecule has 14 heavy (non-hydrogen) atoms. The lowest BCUT2D eigenvalue weighted by Gasteiger charge is -2.01. The van der Waals surface area contributed by atoms with Gasteiger partial charge in [-0.15, -0.1) is 0 Å². The Hall–Kier alpha value is -1.29. The van der Waals surface area contributed by atoms with Crippen LogP contribution in [-0.4, -0.2) is 4.98 Å². The Kier molecular flexibility index (Phi) is 2.84. The van der Waals surface area contributed by atoms with Crippen molar-refractivity contribution in [2.24, 2.45) is 0 Å². The molecule has 0 aliphatic heterocycles. The molecule has 2 rings (SSSR count). The second kappa shape index (κ2) is 4.28. The molecule has 1 heterocycles. The van der Waals surface area contributed by atoms with Crippen LogP contribution in [0.4, 0.5) is 6.01 Å². The van der Waals surface area contributed by atoms with Crippen LogP contribution in [0.3, 0.4) is 0 Å². The molecule has 0 bridgehead atoms. The van der Waals surface area contributed by atoms with Gasteiger partial charge in [0.2, 0.25) is 0 Å². The minimum Gasteiger partial charge on any atom is -0.432 e. The molecule has 0 aliphatic carbocycles. The fourth-order valence-corrected chi connectivity index (χ4v) is 1.58. The average molecular weight is 253 g/mol. The molecule has 0 amide bonds. The lowest BCUT2D eigenvalue weighted by atomic mass is 10.2. The highest BCUT2D eigenvalue weighted by molar-refractivity contribution is 9.10. The van der Waals surface area contributed by atoms with Crippen LogP contribution in [0.5, 0.6) is 0 Å². The van der Waals surface area contributed by atoms with Crippen LogP contribution < -0.4 is 5.32 Å². The van der Waals surface area contributed by atoms with Crippen LogP contribution in [0.1, 0.15) is 5.56 Å². The van der Waals surface area contributed by atoms with Gasteiger partial charge in [0.25, 0.3) is 6.01 Å². The second-order valence-electron chi connectivity index (χ2n) is 2.82. The predicted molar refractivity (Wildman–Crippen MR) is 58.0 cm³/mol. The highest BCUT2D eigenvalue weighted by Crippen LogP contribution is 2.12. The number of hydrogen-bond donors (Lipinski definition) is 1. The molecular weight excluding hydrogens is 244 g/mol. The number of oxazole rings is 1. The maximum atomic E-state index is 5.05. The van der Waals surface area contributed by atoms with Crippen molar-refractivity contribution in [3.8, 4) is 0 Å². The maximum absolute atomic E-state index is 5.05. The first-order chi connectivity index (χ1) is 6.84. The molecule has 0 fully saturated rings. The third kappa shape index (κ3) is 2.35. The van der Waals surface area contributed by atoms with Gasteiger partial charge in [0, 0.05) is 11.0 Å². The maximum Gasteiger partial charge on any atom is 0.294 e. The van der Waals surface area contributed by atoms with E-state index >= 15 is 0 Å². The zero-order valence-corrected chi connectivity index (χ0v) is 8.99. The number of benzene rings is 1. The van der Waals surface area contributed by atoms with E-state index < -0.39 is 0 Å². The Morgan fingerprint density at radius 1 is 1.43 bits per heavy atom. The lowest BCUT2D eigenvalue weighted by molar-refractivity contribution is 0.571. The third-order valence-electron chi connectivity index (χ3n) is 1.77. The molecule has 0 saturated carbocycles. The van der Waals surface area contributed by atoms with E-state index in [-0.39, 0.29) is 0 Å². The van der Waals surface area contributed by atoms with Crippen LogP contribution in [-0.2, 0) is 6.54 Å². The van der Waals surface area contributed by atoms with E-state index in [4.69, 9.17) is 4.42 Å². The minimum absolute atomic E-state index is 0.546. The van der Waals surface area contributed by atoms with Gasteiger partial charge in [0.15, 0.2) is 0 Å². The van der Waals surface area contributed by atoms with E-state index in [0.29, 0.717) is 12.6 Å². The summed E-state index contributed by atoms with van der Waals surface area (Å²) in [6.07, 6.45) is 3.16. The molecule has 3 nitrogen and oxygen atoms in total. The molecule has 4 heteroatoms. The molecule has 0 atom stereocenters. The Morgan fingerprint density at radius 2 is 2.36 bits per heavy atom. The van der Waals surface area contributed by atoms with Gasteiger partial charge in [-0.2, -0.15) is 0 Å². The quantitative estimate of drug-likeness (QED) is 0.913. The summed E-state index contributed by atoms with van der Waals surface area (Å²) < 4.78 is 6.12. The summed E-state index contributed by atoms with van der Waals surface area (Å²) >= 11 is 3.41. The standard InChI is InChI=1S/C10H9BrN2O/c11-9-3-1-2-8(6-9)7-13-10-12-4-5-14-10/h1-6H,7H2,(H,12,13). The van der Waals surface area contributed by atoms with Crippen molar-refractivity contribution in [1.29, 1.82) is 0 Å². The normalized spacial score (nSPS) is 10.1. The summed E-state index contributed by atoms with van der Waals surface area (Å²) in [6, 6.07) is 8.63. The summed E-state index contributed by atoms with van der Waals surface area (Å²) in [4.78, 5) is 3.96. The number of nitrogens with zero attached hydrogens (tertiary/aromatic N) is 1. The molecule has 1 aromatic heterocycles. The molecule has 0 spiro atoms. The SMILES string of the molecule is Brc1cccc(CNc2ncco2)c1. The molecular formula is C10H9BrN2O. The van der Waals surface area contributed by atoms with Gasteiger partial charge in [-0.25, -0.2) is 4.98 Å². The minimum atomic E-state index is 0.546. The molecule has 1 aromatic carbocycles. The van der Waals surface area contributed by atoms with Gasteiger partial charge in [0.05, 0.1) is 6.20 Å². The first-order valence-electron chi connectivity index (χ1n) is 4.22. The Balaban J connectivity index is 1.98. The van der Waals surface area contributed by atoms with E-state index in [1.165, 1.54) is 5.56 Å². The van der Waals surface area contributed by atoms with Gasteiger partial charge >= 0.3 is 0 Å². The van der Waals surface area contributed by atoms with Crippen LogP contribution in [0.2, 0.25) is 0 Å². The van der Waals surface area contributed by atoms with Crippen molar-refractivity contribution < 1.29 is 4.42 Å². The van der Waals surface area contributed by atoms with E-state index in [1.54, 1.807) is 12.5 Å². The Bertz CT molecular complexity index is 400. The lowest BCUT2D eigenvalue weighted by Crippen LogP contribution is -1.98. The van der Waals surface area contributed by atoms with E-state index in [1.807, 2.05) is 18.2 Å². The number of rotatable bonds is 3. The molecule has 0 saturated heterocycles. The Morgan fingerprint density at radius 3 is 3.07 bits per heavy atom. The van der Waals surface area contributed by atoms with E-state index in [9.17, 15) is 0 Å². The van der Waals surface area contributed by atoms with E-state index in [0.717, 1.165) is 4.47 Å². The number of nitrogens with one attached hydrogen (secondary N) is 1. The number of anilines is 1. The van der Waals surface area contributed by atoms with Crippen LogP contribution in [0.15, 0.2) is 45.6 Å². The number of hydrogen-bond acceptors (Lipinski definition) is 3. The predicted octanol–water partition coefficient (Wildman–Crippen LogP) is 3.05. The topological polar surface area (TPSA) is 38.1 Å². The van der Waals surface area contributed by atoms with E-state index in [2.05, 4.69) is 32.3 Å². The summed E-state index contributed by atoms with van der Waals surface area (Å²) in [5.41, 5.74) is 1.18. The zero-order valence-electron chi connectivity index (χ0n) is 7.40. The third-order valence-corrected chi connectivity index (χ3v) is 2.26. The van der Waals surface area contributed by atoms with Crippen LogP contribution >= 0.6 is 15.9 Å². The molecule has 0 unspecified atom stereocenters. The fraction of sp³-hybridized carbons (Fsp3) is 0.100. The van der Waals surface area contributed by atoms with Gasteiger partial charge in [-0.1, -0.05) is 28.1 Å². The average Bonchev–Trinajstić information content (AvgIpc) is 2.67. The van der Waals surface area contributed by atoms with Crippen molar-refractivity contribution in [2.45, 2.75) is 6.54 Å². The molecule has 2 aromatic rings. The zero-order chi connectivity index (χ0) is 9.80. The first kappa shape index (κ1) is 9.27. The number of halogens is 1. The van der Waals surface area contributed by atoms with Gasteiger partial charge in [0.1, 0.15) is 6.26 Å². The molecule has 72 valence electrons. The summed E-state index contributed by atoms with van der Waals surface area (Å²) in [5.74, 6) is 0. The first-order valence-corrected chi connectivity index (χ1v) is 5.02. The largest absolute Gasteiger partial charge is 0.432 e. The van der Waals surface area contributed by atoms with Gasteiger partial charge in [-0.3, -0.25) is 0 Å². The van der Waals surface area contributed by atoms with Crippen LogP contribution in [0.25, 0.3) is 0 Å². The van der Waals surface area contributed by atoms with Crippen molar-refractivity contribution in [3.63, 3.8) is 0 Å². The summed E-state index contributed by atoms with van der Waals surface area (Å²) in [7, 11) is 0. The molecule has 0 aliphatic rings. The highest BCUT2D eigenvalue weighted by Gasteiger charge is 1.97. The molecule has 0 radical (unpaired) electrons. The number of aromatic nitrogens is 1. The smallest absolute Gasteiger partial charge is 0.294 e. The van der Waals surface area contributed by atoms with Crippen molar-refractivity contribution in [1.82, 2.24) is 4.98 Å². The van der Waals surface area contributed by atoms with Crippen LogP contribution in [0, 0.1) is 0 Å². The fourth-order valence-electron chi connectivity index (χ4n) is 1.14. The second-order valence-corrected chi connectivity index (χ2v) is 3.74. The summed E-state index contributed by atoms with van der Waals surface area (Å²) in [5, 5.41) is 3.07. The van der Waals surface area contributed by atoms with Crippen molar-refractivity contribution >= 4 is 21.9 Å². The summed E-state index contributed by atoms with van der Waals surface area (Å²) in [6.45, 7) is 0.708. The Labute approximate surface area is 90.3 Å². The van der Waals surface area contributed by atoms with Crippen molar-refractivity contribution in [3.05, 3.63) is 46.8 Å². The van der Waals surface area contributed by atoms with Crippen molar-refractivity contribution in [2.75, 3.05) is 5.32 Å². The highest BCUT2D eigenvalue weighted by atomic mass is 79.9. The monoisotopic (exact) mass is 252 g/mol. The molecule has 1 N–H and O–H groups in total.